The first-order chi connectivity index (χ1) is 6.59. The fourth-order valence-corrected chi connectivity index (χ4v) is 1.59. The van der Waals surface area contributed by atoms with Crippen molar-refractivity contribution in [3.63, 3.8) is 0 Å². The summed E-state index contributed by atoms with van der Waals surface area (Å²) < 4.78 is 1.84. The van der Waals surface area contributed by atoms with E-state index in [0.717, 1.165) is 5.92 Å². The van der Waals surface area contributed by atoms with Crippen LogP contribution in [0.1, 0.15) is 25.8 Å². The molecule has 1 aromatic heterocycles. The smallest absolute Gasteiger partial charge is 0.246 e. The Bertz CT molecular complexity index is 326. The first-order valence-corrected chi connectivity index (χ1v) is 4.99. The molecule has 0 spiro atoms. The van der Waals surface area contributed by atoms with Crippen LogP contribution in [0.15, 0.2) is 0 Å². The third-order valence-electron chi connectivity index (χ3n) is 2.74. The molecule has 78 valence electrons. The van der Waals surface area contributed by atoms with Crippen LogP contribution < -0.4 is 10.6 Å². The Kier molecular flexibility index (Phi) is 2.09. The first-order valence-electron chi connectivity index (χ1n) is 4.99. The van der Waals surface area contributed by atoms with Gasteiger partial charge in [-0.2, -0.15) is 4.98 Å². The Hall–Kier alpha value is -1.26. The van der Waals surface area contributed by atoms with Crippen molar-refractivity contribution in [1.29, 1.82) is 0 Å². The molecule has 1 saturated carbocycles. The van der Waals surface area contributed by atoms with Crippen molar-refractivity contribution in [2.75, 3.05) is 24.7 Å². The van der Waals surface area contributed by atoms with Gasteiger partial charge in [-0.25, -0.2) is 4.68 Å². The zero-order chi connectivity index (χ0) is 10.3. The van der Waals surface area contributed by atoms with Gasteiger partial charge in [-0.3, -0.25) is 0 Å². The van der Waals surface area contributed by atoms with E-state index >= 15 is 0 Å². The van der Waals surface area contributed by atoms with Crippen molar-refractivity contribution in [2.45, 2.75) is 25.8 Å². The number of nitrogen functional groups attached to an aromatic ring is 1. The van der Waals surface area contributed by atoms with Crippen LogP contribution in [0.25, 0.3) is 0 Å². The lowest BCUT2D eigenvalue weighted by atomic mass is 10.2. The van der Waals surface area contributed by atoms with Crippen LogP contribution in [0.5, 0.6) is 0 Å². The van der Waals surface area contributed by atoms with Gasteiger partial charge in [-0.1, -0.05) is 0 Å². The standard InChI is InChI=1S/C9H17N5/c1-6(7-4-5-7)14-8(10)11-9(12-14)13(2)3/h6-7H,4-5H2,1-3H3,(H2,10,11,12). The molecule has 5 heteroatoms. The van der Waals surface area contributed by atoms with Gasteiger partial charge in [0.2, 0.25) is 11.9 Å². The molecule has 0 amide bonds. The van der Waals surface area contributed by atoms with E-state index < -0.39 is 0 Å². The van der Waals surface area contributed by atoms with E-state index in [1.807, 2.05) is 23.7 Å². The number of aromatic nitrogens is 3. The van der Waals surface area contributed by atoms with Crippen LogP contribution in [-0.2, 0) is 0 Å². The molecule has 1 aliphatic carbocycles. The Morgan fingerprint density at radius 1 is 1.50 bits per heavy atom. The maximum absolute atomic E-state index is 5.81. The summed E-state index contributed by atoms with van der Waals surface area (Å²) >= 11 is 0. The average molecular weight is 195 g/mol. The van der Waals surface area contributed by atoms with Crippen molar-refractivity contribution < 1.29 is 0 Å². The SMILES string of the molecule is CC(C1CC1)n1nc(N(C)C)nc1N. The second kappa shape index (κ2) is 3.15. The van der Waals surface area contributed by atoms with Crippen molar-refractivity contribution in [3.8, 4) is 0 Å². The van der Waals surface area contributed by atoms with Crippen LogP contribution in [0.4, 0.5) is 11.9 Å². The minimum atomic E-state index is 0.385. The monoisotopic (exact) mass is 195 g/mol. The summed E-state index contributed by atoms with van der Waals surface area (Å²) in [5, 5.41) is 4.38. The maximum atomic E-state index is 5.81. The summed E-state index contributed by atoms with van der Waals surface area (Å²) in [6.07, 6.45) is 2.58. The normalized spacial score (nSPS) is 18.2. The highest BCUT2D eigenvalue weighted by atomic mass is 15.5. The predicted octanol–water partition coefficient (Wildman–Crippen LogP) is 0.897. The van der Waals surface area contributed by atoms with Crippen molar-refractivity contribution in [3.05, 3.63) is 0 Å². The number of anilines is 2. The molecule has 0 aromatic carbocycles. The lowest BCUT2D eigenvalue weighted by molar-refractivity contribution is 0.446. The second-order valence-corrected chi connectivity index (χ2v) is 4.19. The molecule has 0 radical (unpaired) electrons. The lowest BCUT2D eigenvalue weighted by Gasteiger charge is -2.11. The van der Waals surface area contributed by atoms with Gasteiger partial charge in [0.15, 0.2) is 0 Å². The van der Waals surface area contributed by atoms with Crippen LogP contribution in [0.2, 0.25) is 0 Å². The summed E-state index contributed by atoms with van der Waals surface area (Å²) in [5.74, 6) is 1.96. The van der Waals surface area contributed by atoms with Gasteiger partial charge in [-0.05, 0) is 25.7 Å². The zero-order valence-corrected chi connectivity index (χ0v) is 8.94. The number of hydrogen-bond acceptors (Lipinski definition) is 4. The summed E-state index contributed by atoms with van der Waals surface area (Å²) in [6.45, 7) is 2.15. The molecule has 1 unspecified atom stereocenters. The molecule has 0 saturated heterocycles. The quantitative estimate of drug-likeness (QED) is 0.778. The summed E-state index contributed by atoms with van der Waals surface area (Å²) in [5.41, 5.74) is 5.81. The molecule has 1 fully saturated rings. The van der Waals surface area contributed by atoms with E-state index in [0.29, 0.717) is 17.9 Å². The van der Waals surface area contributed by atoms with Crippen LogP contribution in [0.3, 0.4) is 0 Å². The van der Waals surface area contributed by atoms with E-state index in [2.05, 4.69) is 17.0 Å². The Morgan fingerprint density at radius 3 is 2.57 bits per heavy atom. The van der Waals surface area contributed by atoms with E-state index in [-0.39, 0.29) is 0 Å². The van der Waals surface area contributed by atoms with Crippen LogP contribution in [-0.4, -0.2) is 28.9 Å². The molecule has 1 heterocycles. The van der Waals surface area contributed by atoms with E-state index in [4.69, 9.17) is 5.73 Å². The fraction of sp³-hybridized carbons (Fsp3) is 0.778. The Morgan fingerprint density at radius 2 is 2.14 bits per heavy atom. The van der Waals surface area contributed by atoms with Gasteiger partial charge in [0, 0.05) is 14.1 Å². The topological polar surface area (TPSA) is 60.0 Å². The van der Waals surface area contributed by atoms with Gasteiger partial charge in [0.25, 0.3) is 0 Å². The molecule has 0 aliphatic heterocycles. The van der Waals surface area contributed by atoms with E-state index in [9.17, 15) is 0 Å². The van der Waals surface area contributed by atoms with Crippen LogP contribution in [0, 0.1) is 5.92 Å². The Balaban J connectivity index is 2.23. The van der Waals surface area contributed by atoms with Gasteiger partial charge in [0.1, 0.15) is 0 Å². The van der Waals surface area contributed by atoms with E-state index in [1.165, 1.54) is 12.8 Å². The largest absolute Gasteiger partial charge is 0.368 e. The van der Waals surface area contributed by atoms with Crippen LogP contribution >= 0.6 is 0 Å². The molecule has 5 nitrogen and oxygen atoms in total. The van der Waals surface area contributed by atoms with Crippen molar-refractivity contribution in [2.24, 2.45) is 5.92 Å². The second-order valence-electron chi connectivity index (χ2n) is 4.19. The van der Waals surface area contributed by atoms with Gasteiger partial charge in [0.05, 0.1) is 6.04 Å². The summed E-state index contributed by atoms with van der Waals surface area (Å²) in [7, 11) is 3.84. The number of rotatable bonds is 3. The third-order valence-corrected chi connectivity index (χ3v) is 2.74. The highest BCUT2D eigenvalue weighted by Gasteiger charge is 2.31. The molecular weight excluding hydrogens is 178 g/mol. The third kappa shape index (κ3) is 1.54. The number of nitrogens with two attached hydrogens (primary N) is 1. The number of hydrogen-bond donors (Lipinski definition) is 1. The van der Waals surface area contributed by atoms with Gasteiger partial charge >= 0.3 is 0 Å². The molecule has 1 aromatic rings. The summed E-state index contributed by atoms with van der Waals surface area (Å²) in [4.78, 5) is 6.06. The van der Waals surface area contributed by atoms with Crippen molar-refractivity contribution in [1.82, 2.24) is 14.8 Å². The molecule has 1 aliphatic rings. The zero-order valence-electron chi connectivity index (χ0n) is 8.94. The molecular formula is C9H17N5. The highest BCUT2D eigenvalue weighted by Crippen LogP contribution is 2.39. The number of nitrogens with zero attached hydrogens (tertiary/aromatic N) is 4. The molecule has 14 heavy (non-hydrogen) atoms. The van der Waals surface area contributed by atoms with Gasteiger partial charge in [-0.15, -0.1) is 5.10 Å². The summed E-state index contributed by atoms with van der Waals surface area (Å²) in [6, 6.07) is 0.385. The molecule has 2 rings (SSSR count). The maximum Gasteiger partial charge on any atom is 0.246 e. The van der Waals surface area contributed by atoms with Crippen molar-refractivity contribution >= 4 is 11.9 Å². The minimum absolute atomic E-state index is 0.385. The van der Waals surface area contributed by atoms with Gasteiger partial charge < -0.3 is 10.6 Å². The lowest BCUT2D eigenvalue weighted by Crippen LogP contribution is -2.14. The fourth-order valence-electron chi connectivity index (χ4n) is 1.59. The highest BCUT2D eigenvalue weighted by molar-refractivity contribution is 5.33. The predicted molar refractivity (Wildman–Crippen MR) is 56.2 cm³/mol. The molecule has 2 N–H and O–H groups in total. The Labute approximate surface area is 83.9 Å². The molecule has 1 atom stereocenters. The molecule has 0 bridgehead atoms. The first kappa shape index (κ1) is 9.30. The average Bonchev–Trinajstić information content (AvgIpc) is 2.88. The minimum Gasteiger partial charge on any atom is -0.368 e. The van der Waals surface area contributed by atoms with E-state index in [1.54, 1.807) is 0 Å².